The lowest BCUT2D eigenvalue weighted by Gasteiger charge is -2.05. The molecule has 0 unspecified atom stereocenters. The molecule has 0 bridgehead atoms. The molecule has 0 amide bonds. The molecule has 0 aromatic carbocycles. The molecule has 0 spiro atoms. The fourth-order valence-corrected chi connectivity index (χ4v) is 1.56. The summed E-state index contributed by atoms with van der Waals surface area (Å²) in [5, 5.41) is 7.59. The molecule has 0 aromatic rings. The summed E-state index contributed by atoms with van der Waals surface area (Å²) in [6.07, 6.45) is 5.07. The first-order valence-electron chi connectivity index (χ1n) is 4.33. The van der Waals surface area contributed by atoms with E-state index in [0.717, 1.165) is 5.71 Å². The van der Waals surface area contributed by atoms with E-state index in [1.807, 2.05) is 6.92 Å². The van der Waals surface area contributed by atoms with Gasteiger partial charge >= 0.3 is 0 Å². The van der Waals surface area contributed by atoms with Gasteiger partial charge in [0.2, 0.25) is 5.96 Å². The quantitative estimate of drug-likeness (QED) is 0.364. The van der Waals surface area contributed by atoms with Crippen LogP contribution in [0.2, 0.25) is 0 Å². The number of nitrogens with two attached hydrogens (primary N) is 2. The lowest BCUT2D eigenvalue weighted by atomic mass is 10.0. The van der Waals surface area contributed by atoms with Gasteiger partial charge in [-0.25, -0.2) is 0 Å². The lowest BCUT2D eigenvalue weighted by Crippen LogP contribution is -2.22. The van der Waals surface area contributed by atoms with Crippen LogP contribution >= 0.6 is 0 Å². The van der Waals surface area contributed by atoms with E-state index in [1.54, 1.807) is 0 Å². The third kappa shape index (κ3) is 2.53. The molecular weight excluding hydrogens is 152 g/mol. The van der Waals surface area contributed by atoms with Gasteiger partial charge in [-0.2, -0.15) is 5.10 Å². The molecule has 4 heteroatoms. The fourth-order valence-electron chi connectivity index (χ4n) is 1.56. The van der Waals surface area contributed by atoms with Crippen LogP contribution in [0.4, 0.5) is 0 Å². The van der Waals surface area contributed by atoms with Crippen molar-refractivity contribution in [1.82, 2.24) is 0 Å². The maximum absolute atomic E-state index is 5.16. The number of guanidine groups is 1. The summed E-state index contributed by atoms with van der Waals surface area (Å²) in [7, 11) is 0. The van der Waals surface area contributed by atoms with Crippen molar-refractivity contribution in [1.29, 1.82) is 0 Å². The van der Waals surface area contributed by atoms with Crippen LogP contribution in [0.5, 0.6) is 0 Å². The monoisotopic (exact) mass is 168 g/mol. The van der Waals surface area contributed by atoms with Gasteiger partial charge in [-0.1, -0.05) is 12.8 Å². The molecule has 1 aliphatic carbocycles. The fraction of sp³-hybridized carbons (Fsp3) is 0.750. The first kappa shape index (κ1) is 9.03. The maximum Gasteiger partial charge on any atom is 0.211 e. The number of hydrogen-bond acceptors (Lipinski definition) is 2. The van der Waals surface area contributed by atoms with Crippen molar-refractivity contribution in [2.45, 2.75) is 32.6 Å². The topological polar surface area (TPSA) is 76.8 Å². The van der Waals surface area contributed by atoms with E-state index in [4.69, 9.17) is 11.5 Å². The predicted molar refractivity (Wildman–Crippen MR) is 50.9 cm³/mol. The molecular formula is C8H16N4. The van der Waals surface area contributed by atoms with Crippen molar-refractivity contribution in [2.24, 2.45) is 27.6 Å². The Hall–Kier alpha value is -1.06. The summed E-state index contributed by atoms with van der Waals surface area (Å²) in [5.74, 6) is 0.639. The highest BCUT2D eigenvalue weighted by Crippen LogP contribution is 2.25. The van der Waals surface area contributed by atoms with Crippen molar-refractivity contribution < 1.29 is 0 Å². The zero-order valence-electron chi connectivity index (χ0n) is 7.45. The average Bonchev–Trinajstić information content (AvgIpc) is 2.51. The van der Waals surface area contributed by atoms with Gasteiger partial charge in [-0.15, -0.1) is 5.10 Å². The van der Waals surface area contributed by atoms with Gasteiger partial charge in [-0.3, -0.25) is 0 Å². The summed E-state index contributed by atoms with van der Waals surface area (Å²) in [5.41, 5.74) is 11.4. The second kappa shape index (κ2) is 4.09. The summed E-state index contributed by atoms with van der Waals surface area (Å²) < 4.78 is 0. The average molecular weight is 168 g/mol. The Morgan fingerprint density at radius 1 is 1.17 bits per heavy atom. The molecule has 0 atom stereocenters. The molecule has 4 nitrogen and oxygen atoms in total. The molecule has 0 aliphatic heterocycles. The SMILES string of the molecule is C/C(=N\N=C(N)N)C1CCCC1. The zero-order valence-corrected chi connectivity index (χ0v) is 7.45. The van der Waals surface area contributed by atoms with Gasteiger partial charge in [0.05, 0.1) is 0 Å². The molecule has 0 saturated heterocycles. The molecule has 4 N–H and O–H groups in total. The Balaban J connectivity index is 2.50. The van der Waals surface area contributed by atoms with Crippen molar-refractivity contribution in [3.63, 3.8) is 0 Å². The Morgan fingerprint density at radius 2 is 1.75 bits per heavy atom. The van der Waals surface area contributed by atoms with E-state index < -0.39 is 0 Å². The minimum absolute atomic E-state index is 0.0346. The van der Waals surface area contributed by atoms with Gasteiger partial charge in [0.1, 0.15) is 0 Å². The summed E-state index contributed by atoms with van der Waals surface area (Å²) >= 11 is 0. The number of rotatable bonds is 2. The van der Waals surface area contributed by atoms with Crippen LogP contribution in [0.1, 0.15) is 32.6 Å². The largest absolute Gasteiger partial charge is 0.369 e. The highest BCUT2D eigenvalue weighted by Gasteiger charge is 2.17. The van der Waals surface area contributed by atoms with E-state index in [9.17, 15) is 0 Å². The van der Waals surface area contributed by atoms with Gasteiger partial charge in [-0.05, 0) is 25.7 Å². The maximum atomic E-state index is 5.16. The van der Waals surface area contributed by atoms with Crippen molar-refractivity contribution in [3.8, 4) is 0 Å². The Morgan fingerprint density at radius 3 is 2.25 bits per heavy atom. The van der Waals surface area contributed by atoms with E-state index in [-0.39, 0.29) is 5.96 Å². The molecule has 68 valence electrons. The van der Waals surface area contributed by atoms with Gasteiger partial charge < -0.3 is 11.5 Å². The second-order valence-electron chi connectivity index (χ2n) is 3.25. The van der Waals surface area contributed by atoms with E-state index >= 15 is 0 Å². The van der Waals surface area contributed by atoms with Crippen molar-refractivity contribution in [3.05, 3.63) is 0 Å². The molecule has 12 heavy (non-hydrogen) atoms. The standard InChI is InChI=1S/C8H16N4/c1-6(11-12-8(9)10)7-4-2-3-5-7/h7H,2-5H2,1H3,(H4,9,10,12)/b11-6+. The van der Waals surface area contributed by atoms with Crippen LogP contribution in [-0.2, 0) is 0 Å². The molecule has 1 fully saturated rings. The molecule has 1 rings (SSSR count). The van der Waals surface area contributed by atoms with Crippen LogP contribution in [0.3, 0.4) is 0 Å². The Kier molecular flexibility index (Phi) is 3.08. The van der Waals surface area contributed by atoms with Crippen molar-refractivity contribution in [2.75, 3.05) is 0 Å². The number of nitrogens with zero attached hydrogens (tertiary/aromatic N) is 2. The first-order chi connectivity index (χ1) is 5.70. The predicted octanol–water partition coefficient (Wildman–Crippen LogP) is 0.826. The Bertz CT molecular complexity index is 197. The van der Waals surface area contributed by atoms with Crippen LogP contribution in [-0.4, -0.2) is 11.7 Å². The van der Waals surface area contributed by atoms with Gasteiger partial charge in [0, 0.05) is 5.71 Å². The minimum atomic E-state index is 0.0346. The summed E-state index contributed by atoms with van der Waals surface area (Å²) in [6.45, 7) is 1.99. The zero-order chi connectivity index (χ0) is 8.97. The minimum Gasteiger partial charge on any atom is -0.369 e. The van der Waals surface area contributed by atoms with E-state index in [2.05, 4.69) is 10.2 Å². The molecule has 1 saturated carbocycles. The third-order valence-electron chi connectivity index (χ3n) is 2.27. The molecule has 0 aromatic heterocycles. The lowest BCUT2D eigenvalue weighted by molar-refractivity contribution is 0.721. The Labute approximate surface area is 72.7 Å². The normalized spacial score (nSPS) is 19.6. The van der Waals surface area contributed by atoms with Crippen LogP contribution in [0.15, 0.2) is 10.2 Å². The van der Waals surface area contributed by atoms with Crippen LogP contribution in [0, 0.1) is 5.92 Å². The van der Waals surface area contributed by atoms with Gasteiger partial charge in [0.25, 0.3) is 0 Å². The van der Waals surface area contributed by atoms with Crippen molar-refractivity contribution >= 4 is 11.7 Å². The smallest absolute Gasteiger partial charge is 0.211 e. The summed E-state index contributed by atoms with van der Waals surface area (Å²) in [6, 6.07) is 0. The summed E-state index contributed by atoms with van der Waals surface area (Å²) in [4.78, 5) is 0. The number of hydrogen-bond donors (Lipinski definition) is 2. The molecule has 0 radical (unpaired) electrons. The van der Waals surface area contributed by atoms with E-state index in [0.29, 0.717) is 5.92 Å². The second-order valence-corrected chi connectivity index (χ2v) is 3.25. The highest BCUT2D eigenvalue weighted by atomic mass is 15.3. The first-order valence-corrected chi connectivity index (χ1v) is 4.33. The van der Waals surface area contributed by atoms with E-state index in [1.165, 1.54) is 25.7 Å². The highest BCUT2D eigenvalue weighted by molar-refractivity contribution is 5.85. The molecule has 1 aliphatic rings. The van der Waals surface area contributed by atoms with Crippen LogP contribution < -0.4 is 11.5 Å². The molecule has 0 heterocycles. The van der Waals surface area contributed by atoms with Gasteiger partial charge in [0.15, 0.2) is 0 Å². The third-order valence-corrected chi connectivity index (χ3v) is 2.27. The van der Waals surface area contributed by atoms with Crippen LogP contribution in [0.25, 0.3) is 0 Å².